The van der Waals surface area contributed by atoms with Gasteiger partial charge in [-0.1, -0.05) is 6.07 Å². The summed E-state index contributed by atoms with van der Waals surface area (Å²) in [6.07, 6.45) is 1.98. The molecule has 142 valence electrons. The van der Waals surface area contributed by atoms with Crippen LogP contribution in [0.4, 0.5) is 8.78 Å². The lowest BCUT2D eigenvalue weighted by Crippen LogP contribution is -2.33. The van der Waals surface area contributed by atoms with Crippen molar-refractivity contribution in [1.82, 2.24) is 9.88 Å². The molecule has 1 saturated heterocycles. The van der Waals surface area contributed by atoms with Gasteiger partial charge in [-0.2, -0.15) is 0 Å². The first-order valence-corrected chi connectivity index (χ1v) is 10.2. The Morgan fingerprint density at radius 1 is 1.33 bits per heavy atom. The van der Waals surface area contributed by atoms with E-state index in [1.54, 1.807) is 10.6 Å². The van der Waals surface area contributed by atoms with Crippen molar-refractivity contribution in [2.45, 2.75) is 25.5 Å². The lowest BCUT2D eigenvalue weighted by Gasteiger charge is -2.14. The van der Waals surface area contributed by atoms with E-state index in [-0.39, 0.29) is 18.6 Å². The standard InChI is InChI=1S/C19H17BrF2N2O2S/c20-18-8-15-17(27-18)7-16(19(25)23-9-13-2-1-5-26-13)24(15)10-11-3-4-12(21)6-14(11)22/h3-4,6-8,13H,1-2,5,9-10H2,(H,23,25)/t13-/m1/s1. The number of thiophene rings is 1. The number of ether oxygens (including phenoxy) is 1. The zero-order valence-corrected chi connectivity index (χ0v) is 16.7. The Morgan fingerprint density at radius 3 is 2.93 bits per heavy atom. The van der Waals surface area contributed by atoms with Crippen LogP contribution >= 0.6 is 27.3 Å². The van der Waals surface area contributed by atoms with Crippen molar-refractivity contribution in [2.75, 3.05) is 13.2 Å². The van der Waals surface area contributed by atoms with Gasteiger partial charge in [0.25, 0.3) is 5.91 Å². The van der Waals surface area contributed by atoms with Gasteiger partial charge in [0.2, 0.25) is 0 Å². The summed E-state index contributed by atoms with van der Waals surface area (Å²) < 4.78 is 36.5. The fourth-order valence-corrected chi connectivity index (χ4v) is 4.86. The van der Waals surface area contributed by atoms with Crippen molar-refractivity contribution in [1.29, 1.82) is 0 Å². The second-order valence-electron chi connectivity index (χ2n) is 6.50. The average Bonchev–Trinajstić information content (AvgIpc) is 3.32. The van der Waals surface area contributed by atoms with E-state index in [0.29, 0.717) is 17.8 Å². The molecule has 3 aromatic rings. The number of amides is 1. The fourth-order valence-electron chi connectivity index (χ4n) is 3.29. The monoisotopic (exact) mass is 454 g/mol. The van der Waals surface area contributed by atoms with Gasteiger partial charge in [-0.3, -0.25) is 4.79 Å². The minimum absolute atomic E-state index is 0.0437. The molecular formula is C19H17BrF2N2O2S. The summed E-state index contributed by atoms with van der Waals surface area (Å²) in [7, 11) is 0. The van der Waals surface area contributed by atoms with Crippen LogP contribution in [0.2, 0.25) is 0 Å². The molecule has 1 amide bonds. The number of hydrogen-bond donors (Lipinski definition) is 1. The number of carbonyl (C=O) groups is 1. The predicted molar refractivity (Wildman–Crippen MR) is 104 cm³/mol. The number of hydrogen-bond acceptors (Lipinski definition) is 3. The molecule has 1 N–H and O–H groups in total. The van der Waals surface area contributed by atoms with Gasteiger partial charge in [0.1, 0.15) is 17.3 Å². The number of rotatable bonds is 5. The maximum Gasteiger partial charge on any atom is 0.268 e. The Kier molecular flexibility index (Phi) is 5.29. The fraction of sp³-hybridized carbons (Fsp3) is 0.316. The second-order valence-corrected chi connectivity index (χ2v) is 8.96. The largest absolute Gasteiger partial charge is 0.376 e. The Balaban J connectivity index is 1.64. The van der Waals surface area contributed by atoms with Crippen molar-refractivity contribution in [3.63, 3.8) is 0 Å². The lowest BCUT2D eigenvalue weighted by atomic mass is 10.2. The van der Waals surface area contributed by atoms with Crippen LogP contribution in [-0.4, -0.2) is 29.7 Å². The van der Waals surface area contributed by atoms with Gasteiger partial charge >= 0.3 is 0 Å². The van der Waals surface area contributed by atoms with Crippen LogP contribution in [0.1, 0.15) is 28.9 Å². The average molecular weight is 455 g/mol. The van der Waals surface area contributed by atoms with Crippen LogP contribution in [0.3, 0.4) is 0 Å². The van der Waals surface area contributed by atoms with E-state index < -0.39 is 11.6 Å². The highest BCUT2D eigenvalue weighted by Crippen LogP contribution is 2.33. The first-order chi connectivity index (χ1) is 13.0. The minimum atomic E-state index is -0.628. The molecule has 27 heavy (non-hydrogen) atoms. The number of fused-ring (bicyclic) bond motifs is 1. The van der Waals surface area contributed by atoms with E-state index in [2.05, 4.69) is 21.2 Å². The zero-order valence-electron chi connectivity index (χ0n) is 14.3. The number of aromatic nitrogens is 1. The molecule has 0 saturated carbocycles. The van der Waals surface area contributed by atoms with E-state index >= 15 is 0 Å². The third-order valence-electron chi connectivity index (χ3n) is 4.65. The lowest BCUT2D eigenvalue weighted by molar-refractivity contribution is 0.0851. The molecule has 0 unspecified atom stereocenters. The van der Waals surface area contributed by atoms with Gasteiger partial charge in [0.15, 0.2) is 0 Å². The highest BCUT2D eigenvalue weighted by molar-refractivity contribution is 9.11. The number of nitrogens with zero attached hydrogens (tertiary/aromatic N) is 1. The number of nitrogens with one attached hydrogen (secondary N) is 1. The van der Waals surface area contributed by atoms with Crippen LogP contribution in [-0.2, 0) is 11.3 Å². The summed E-state index contributed by atoms with van der Waals surface area (Å²) >= 11 is 4.95. The molecule has 1 atom stereocenters. The second kappa shape index (κ2) is 7.69. The quantitative estimate of drug-likeness (QED) is 0.606. The van der Waals surface area contributed by atoms with Crippen molar-refractivity contribution >= 4 is 43.4 Å². The topological polar surface area (TPSA) is 43.3 Å². The first kappa shape index (κ1) is 18.6. The molecule has 0 aliphatic carbocycles. The van der Waals surface area contributed by atoms with E-state index in [4.69, 9.17) is 4.74 Å². The number of carbonyl (C=O) groups excluding carboxylic acids is 1. The molecule has 3 heterocycles. The van der Waals surface area contributed by atoms with Crippen molar-refractivity contribution in [3.05, 3.63) is 57.0 Å². The summed E-state index contributed by atoms with van der Waals surface area (Å²) in [5, 5.41) is 2.91. The van der Waals surface area contributed by atoms with E-state index in [1.807, 2.05) is 6.07 Å². The Bertz CT molecular complexity index is 995. The predicted octanol–water partition coefficient (Wildman–Crippen LogP) is 4.70. The molecule has 0 radical (unpaired) electrons. The van der Waals surface area contributed by atoms with E-state index in [9.17, 15) is 13.6 Å². The highest BCUT2D eigenvalue weighted by Gasteiger charge is 2.21. The Labute approximate surface area is 167 Å². The molecule has 0 spiro atoms. The molecule has 0 bridgehead atoms. The van der Waals surface area contributed by atoms with Gasteiger partial charge in [0, 0.05) is 24.8 Å². The molecule has 1 aliphatic heterocycles. The summed E-state index contributed by atoms with van der Waals surface area (Å²) in [6.45, 7) is 1.32. The Morgan fingerprint density at radius 2 is 2.19 bits per heavy atom. The van der Waals surface area contributed by atoms with Gasteiger partial charge in [-0.25, -0.2) is 8.78 Å². The maximum absolute atomic E-state index is 14.2. The number of halogens is 3. The molecule has 1 aromatic carbocycles. The zero-order chi connectivity index (χ0) is 19.0. The smallest absolute Gasteiger partial charge is 0.268 e. The van der Waals surface area contributed by atoms with Crippen LogP contribution in [0, 0.1) is 11.6 Å². The molecule has 1 fully saturated rings. The van der Waals surface area contributed by atoms with Crippen LogP contribution in [0.15, 0.2) is 34.1 Å². The summed E-state index contributed by atoms with van der Waals surface area (Å²) in [5.41, 5.74) is 1.60. The van der Waals surface area contributed by atoms with Crippen LogP contribution in [0.5, 0.6) is 0 Å². The summed E-state index contributed by atoms with van der Waals surface area (Å²) in [6, 6.07) is 7.19. The van der Waals surface area contributed by atoms with E-state index in [0.717, 1.165) is 39.5 Å². The van der Waals surface area contributed by atoms with Crippen LogP contribution < -0.4 is 5.32 Å². The highest BCUT2D eigenvalue weighted by atomic mass is 79.9. The molecular weight excluding hydrogens is 438 g/mol. The van der Waals surface area contributed by atoms with Gasteiger partial charge in [-0.05, 0) is 47.0 Å². The third-order valence-corrected chi connectivity index (χ3v) is 6.22. The minimum Gasteiger partial charge on any atom is -0.376 e. The molecule has 4 rings (SSSR count). The molecule has 8 heteroatoms. The molecule has 4 nitrogen and oxygen atoms in total. The van der Waals surface area contributed by atoms with Crippen molar-refractivity contribution in [3.8, 4) is 0 Å². The normalized spacial score (nSPS) is 16.9. The van der Waals surface area contributed by atoms with Gasteiger partial charge in [-0.15, -0.1) is 11.3 Å². The summed E-state index contributed by atoms with van der Waals surface area (Å²) in [4.78, 5) is 12.8. The molecule has 1 aliphatic rings. The van der Waals surface area contributed by atoms with Gasteiger partial charge in [0.05, 0.1) is 26.7 Å². The van der Waals surface area contributed by atoms with Crippen molar-refractivity contribution in [2.24, 2.45) is 0 Å². The SMILES string of the molecule is O=C(NC[C@H]1CCCO1)c1cc2sc(Br)cc2n1Cc1ccc(F)cc1F. The van der Waals surface area contributed by atoms with Crippen LogP contribution in [0.25, 0.3) is 10.2 Å². The first-order valence-electron chi connectivity index (χ1n) is 8.63. The summed E-state index contributed by atoms with van der Waals surface area (Å²) in [5.74, 6) is -1.48. The van der Waals surface area contributed by atoms with E-state index in [1.165, 1.54) is 23.5 Å². The maximum atomic E-state index is 14.2. The van der Waals surface area contributed by atoms with Crippen molar-refractivity contribution < 1.29 is 18.3 Å². The van der Waals surface area contributed by atoms with Gasteiger partial charge < -0.3 is 14.6 Å². The number of benzene rings is 1. The molecule has 2 aromatic heterocycles. The Hall–Kier alpha value is -1.77. The third kappa shape index (κ3) is 3.93.